The summed E-state index contributed by atoms with van der Waals surface area (Å²) in [6.45, 7) is 9.93. The summed E-state index contributed by atoms with van der Waals surface area (Å²) in [5.74, 6) is 0.256. The molecule has 0 spiro atoms. The standard InChI is InChI=1S/C9H19NO/c1-8(11)5-6-10-7-9(2,3)4/h10H,5-7H2,1-4H3. The van der Waals surface area contributed by atoms with Crippen molar-refractivity contribution in [2.24, 2.45) is 5.41 Å². The minimum atomic E-state index is 0.256. The molecule has 0 radical (unpaired) electrons. The summed E-state index contributed by atoms with van der Waals surface area (Å²) in [4.78, 5) is 10.5. The summed E-state index contributed by atoms with van der Waals surface area (Å²) in [7, 11) is 0. The van der Waals surface area contributed by atoms with Crippen molar-refractivity contribution in [3.8, 4) is 0 Å². The predicted molar refractivity (Wildman–Crippen MR) is 47.6 cm³/mol. The lowest BCUT2D eigenvalue weighted by atomic mass is 9.97. The summed E-state index contributed by atoms with van der Waals surface area (Å²) < 4.78 is 0. The highest BCUT2D eigenvalue weighted by Crippen LogP contribution is 2.09. The molecule has 0 unspecified atom stereocenters. The van der Waals surface area contributed by atoms with Gasteiger partial charge in [0.1, 0.15) is 5.78 Å². The largest absolute Gasteiger partial charge is 0.316 e. The predicted octanol–water partition coefficient (Wildman–Crippen LogP) is 1.60. The summed E-state index contributed by atoms with van der Waals surface area (Å²) >= 11 is 0. The smallest absolute Gasteiger partial charge is 0.131 e. The van der Waals surface area contributed by atoms with Crippen LogP contribution in [-0.2, 0) is 4.79 Å². The lowest BCUT2D eigenvalue weighted by Crippen LogP contribution is -2.28. The third-order valence-electron chi connectivity index (χ3n) is 1.31. The molecule has 0 saturated heterocycles. The van der Waals surface area contributed by atoms with E-state index in [0.717, 1.165) is 13.1 Å². The van der Waals surface area contributed by atoms with Gasteiger partial charge in [0, 0.05) is 19.5 Å². The average Bonchev–Trinajstić information content (AvgIpc) is 1.78. The Morgan fingerprint density at radius 2 is 1.91 bits per heavy atom. The monoisotopic (exact) mass is 157 g/mol. The molecule has 0 heterocycles. The SMILES string of the molecule is CC(=O)CCNCC(C)(C)C. The summed E-state index contributed by atoms with van der Waals surface area (Å²) in [5, 5.41) is 3.24. The van der Waals surface area contributed by atoms with Crippen LogP contribution < -0.4 is 5.32 Å². The Bertz CT molecular complexity index is 124. The maximum absolute atomic E-state index is 10.5. The highest BCUT2D eigenvalue weighted by molar-refractivity contribution is 5.75. The number of Topliss-reactive ketones (excluding diaryl/α,β-unsaturated/α-hetero) is 1. The molecule has 0 saturated carbocycles. The maximum atomic E-state index is 10.5. The van der Waals surface area contributed by atoms with E-state index in [2.05, 4.69) is 26.1 Å². The molecule has 0 rings (SSSR count). The van der Waals surface area contributed by atoms with Gasteiger partial charge in [-0.3, -0.25) is 4.79 Å². The number of rotatable bonds is 4. The Morgan fingerprint density at radius 3 is 2.27 bits per heavy atom. The first kappa shape index (κ1) is 10.6. The van der Waals surface area contributed by atoms with Crippen LogP contribution >= 0.6 is 0 Å². The second-order valence-electron chi connectivity index (χ2n) is 4.19. The van der Waals surface area contributed by atoms with Gasteiger partial charge in [0.25, 0.3) is 0 Å². The van der Waals surface area contributed by atoms with Gasteiger partial charge in [-0.15, -0.1) is 0 Å². The van der Waals surface area contributed by atoms with Crippen LogP contribution in [0.5, 0.6) is 0 Å². The van der Waals surface area contributed by atoms with Gasteiger partial charge < -0.3 is 5.32 Å². The third-order valence-corrected chi connectivity index (χ3v) is 1.31. The molecule has 0 aromatic heterocycles. The normalized spacial score (nSPS) is 11.6. The van der Waals surface area contributed by atoms with Crippen LogP contribution in [0, 0.1) is 5.41 Å². The van der Waals surface area contributed by atoms with E-state index in [-0.39, 0.29) is 5.78 Å². The van der Waals surface area contributed by atoms with Gasteiger partial charge in [0.15, 0.2) is 0 Å². The van der Waals surface area contributed by atoms with Crippen molar-refractivity contribution in [1.29, 1.82) is 0 Å². The van der Waals surface area contributed by atoms with Crippen molar-refractivity contribution in [3.63, 3.8) is 0 Å². The fourth-order valence-electron chi connectivity index (χ4n) is 0.728. The minimum Gasteiger partial charge on any atom is -0.316 e. The Labute approximate surface area is 69.4 Å². The first-order chi connectivity index (χ1) is 4.92. The molecule has 2 heteroatoms. The molecule has 0 aliphatic heterocycles. The van der Waals surface area contributed by atoms with Crippen molar-refractivity contribution < 1.29 is 4.79 Å². The van der Waals surface area contributed by atoms with Gasteiger partial charge in [0.2, 0.25) is 0 Å². The molecular formula is C9H19NO. The van der Waals surface area contributed by atoms with Gasteiger partial charge in [-0.2, -0.15) is 0 Å². The van der Waals surface area contributed by atoms with E-state index < -0.39 is 0 Å². The fraction of sp³-hybridized carbons (Fsp3) is 0.889. The molecule has 2 nitrogen and oxygen atoms in total. The molecule has 0 aromatic rings. The van der Waals surface area contributed by atoms with Gasteiger partial charge in [-0.1, -0.05) is 20.8 Å². The zero-order chi connectivity index (χ0) is 8.91. The van der Waals surface area contributed by atoms with Crippen LogP contribution in [0.25, 0.3) is 0 Å². The van der Waals surface area contributed by atoms with Gasteiger partial charge in [0.05, 0.1) is 0 Å². The van der Waals surface area contributed by atoms with Gasteiger partial charge >= 0.3 is 0 Å². The Kier molecular flexibility index (Phi) is 4.34. The number of hydrogen-bond donors (Lipinski definition) is 1. The molecule has 0 bridgehead atoms. The second-order valence-corrected chi connectivity index (χ2v) is 4.19. The van der Waals surface area contributed by atoms with E-state index in [9.17, 15) is 4.79 Å². The Morgan fingerprint density at radius 1 is 1.36 bits per heavy atom. The molecule has 0 aliphatic rings. The van der Waals surface area contributed by atoms with Crippen LogP contribution in [0.4, 0.5) is 0 Å². The Balaban J connectivity index is 3.22. The van der Waals surface area contributed by atoms with Crippen molar-refractivity contribution in [2.75, 3.05) is 13.1 Å². The van der Waals surface area contributed by atoms with Crippen LogP contribution in [0.2, 0.25) is 0 Å². The van der Waals surface area contributed by atoms with E-state index in [1.54, 1.807) is 6.92 Å². The van der Waals surface area contributed by atoms with Gasteiger partial charge in [-0.05, 0) is 12.3 Å². The summed E-state index contributed by atoms with van der Waals surface area (Å²) in [6.07, 6.45) is 0.649. The number of carbonyl (C=O) groups excluding carboxylic acids is 1. The van der Waals surface area contributed by atoms with E-state index in [4.69, 9.17) is 0 Å². The van der Waals surface area contributed by atoms with E-state index >= 15 is 0 Å². The van der Waals surface area contributed by atoms with E-state index in [1.165, 1.54) is 0 Å². The lowest BCUT2D eigenvalue weighted by Gasteiger charge is -2.18. The molecule has 0 aliphatic carbocycles. The van der Waals surface area contributed by atoms with E-state index in [0.29, 0.717) is 11.8 Å². The lowest BCUT2D eigenvalue weighted by molar-refractivity contribution is -0.116. The zero-order valence-corrected chi connectivity index (χ0v) is 8.03. The summed E-state index contributed by atoms with van der Waals surface area (Å²) in [6, 6.07) is 0. The molecule has 0 atom stereocenters. The van der Waals surface area contributed by atoms with Crippen molar-refractivity contribution in [2.45, 2.75) is 34.1 Å². The van der Waals surface area contributed by atoms with Crippen molar-refractivity contribution >= 4 is 5.78 Å². The van der Waals surface area contributed by atoms with Crippen molar-refractivity contribution in [3.05, 3.63) is 0 Å². The van der Waals surface area contributed by atoms with Crippen LogP contribution in [-0.4, -0.2) is 18.9 Å². The molecule has 11 heavy (non-hydrogen) atoms. The van der Waals surface area contributed by atoms with Crippen LogP contribution in [0.1, 0.15) is 34.1 Å². The minimum absolute atomic E-state index is 0.256. The molecule has 0 fully saturated rings. The van der Waals surface area contributed by atoms with E-state index in [1.807, 2.05) is 0 Å². The maximum Gasteiger partial charge on any atom is 0.131 e. The fourth-order valence-corrected chi connectivity index (χ4v) is 0.728. The number of ketones is 1. The van der Waals surface area contributed by atoms with Gasteiger partial charge in [-0.25, -0.2) is 0 Å². The average molecular weight is 157 g/mol. The number of nitrogens with one attached hydrogen (secondary N) is 1. The number of hydrogen-bond acceptors (Lipinski definition) is 2. The first-order valence-electron chi connectivity index (χ1n) is 4.12. The third kappa shape index (κ3) is 9.63. The van der Waals surface area contributed by atoms with Crippen LogP contribution in [0.3, 0.4) is 0 Å². The highest BCUT2D eigenvalue weighted by atomic mass is 16.1. The Hall–Kier alpha value is -0.370. The molecule has 66 valence electrons. The van der Waals surface area contributed by atoms with Crippen molar-refractivity contribution in [1.82, 2.24) is 5.32 Å². The molecule has 1 N–H and O–H groups in total. The molecular weight excluding hydrogens is 138 g/mol. The molecule has 0 aromatic carbocycles. The number of carbonyl (C=O) groups is 1. The topological polar surface area (TPSA) is 29.1 Å². The quantitative estimate of drug-likeness (QED) is 0.628. The highest BCUT2D eigenvalue weighted by Gasteiger charge is 2.08. The summed E-state index contributed by atoms with van der Waals surface area (Å²) in [5.41, 5.74) is 0.316. The first-order valence-corrected chi connectivity index (χ1v) is 4.12. The zero-order valence-electron chi connectivity index (χ0n) is 8.03. The second kappa shape index (κ2) is 4.50. The molecule has 0 amide bonds. The van der Waals surface area contributed by atoms with Crippen LogP contribution in [0.15, 0.2) is 0 Å².